The van der Waals surface area contributed by atoms with Crippen molar-refractivity contribution in [3.05, 3.63) is 90.5 Å². The summed E-state index contributed by atoms with van der Waals surface area (Å²) in [6, 6.07) is 22.1. The number of rotatable bonds is 9. The molecular formula is C27H26N4O6. The van der Waals surface area contributed by atoms with Gasteiger partial charge in [-0.1, -0.05) is 48.5 Å². The van der Waals surface area contributed by atoms with Crippen LogP contribution in [0.4, 0.5) is 21.9 Å². The number of para-hydroxylation sites is 2. The Bertz CT molecular complexity index is 1300. The number of esters is 1. The second-order valence-corrected chi connectivity index (χ2v) is 7.90. The summed E-state index contributed by atoms with van der Waals surface area (Å²) in [5.74, 6) is -2.94. The molecule has 0 aliphatic carbocycles. The lowest BCUT2D eigenvalue weighted by Gasteiger charge is -2.28. The van der Waals surface area contributed by atoms with E-state index in [0.717, 1.165) is 12.0 Å². The van der Waals surface area contributed by atoms with E-state index in [2.05, 4.69) is 4.74 Å². The van der Waals surface area contributed by atoms with Gasteiger partial charge < -0.3 is 20.3 Å². The van der Waals surface area contributed by atoms with Gasteiger partial charge in [0, 0.05) is 29.7 Å². The van der Waals surface area contributed by atoms with Crippen LogP contribution >= 0.6 is 0 Å². The number of urea groups is 1. The van der Waals surface area contributed by atoms with Crippen molar-refractivity contribution < 1.29 is 28.7 Å². The van der Waals surface area contributed by atoms with E-state index in [4.69, 9.17) is 5.73 Å². The second-order valence-electron chi connectivity index (χ2n) is 7.90. The molecule has 0 bridgehead atoms. The number of ether oxygens (including phenoxy) is 1. The van der Waals surface area contributed by atoms with Gasteiger partial charge in [0.25, 0.3) is 5.78 Å². The van der Waals surface area contributed by atoms with Crippen molar-refractivity contribution in [2.45, 2.75) is 0 Å². The highest BCUT2D eigenvalue weighted by Gasteiger charge is 2.26. The predicted octanol–water partition coefficient (Wildman–Crippen LogP) is 2.62. The highest BCUT2D eigenvalue weighted by atomic mass is 16.5. The lowest BCUT2D eigenvalue weighted by atomic mass is 10.1. The number of benzene rings is 3. The number of amides is 4. The van der Waals surface area contributed by atoms with Crippen molar-refractivity contribution in [2.75, 3.05) is 41.9 Å². The van der Waals surface area contributed by atoms with Crippen LogP contribution in [0, 0.1) is 0 Å². The van der Waals surface area contributed by atoms with Crippen molar-refractivity contribution in [3.63, 3.8) is 0 Å². The Morgan fingerprint density at radius 1 is 0.703 bits per heavy atom. The third-order valence-corrected chi connectivity index (χ3v) is 5.53. The molecule has 3 aromatic carbocycles. The molecule has 0 atom stereocenters. The second kappa shape index (κ2) is 12.1. The molecule has 0 saturated heterocycles. The summed E-state index contributed by atoms with van der Waals surface area (Å²) in [7, 11) is 2.68. The highest BCUT2D eigenvalue weighted by Crippen LogP contribution is 2.20. The average molecular weight is 503 g/mol. The number of carbonyl (C=O) groups excluding carboxylic acids is 5. The van der Waals surface area contributed by atoms with E-state index in [0.29, 0.717) is 11.4 Å². The fourth-order valence-electron chi connectivity index (χ4n) is 3.51. The van der Waals surface area contributed by atoms with Gasteiger partial charge in [-0.25, -0.2) is 9.59 Å². The molecule has 3 rings (SSSR count). The van der Waals surface area contributed by atoms with E-state index in [1.165, 1.54) is 34.1 Å². The van der Waals surface area contributed by atoms with Crippen molar-refractivity contribution >= 4 is 46.7 Å². The maximum atomic E-state index is 13.5. The molecule has 0 spiro atoms. The summed E-state index contributed by atoms with van der Waals surface area (Å²) >= 11 is 0. The van der Waals surface area contributed by atoms with Gasteiger partial charge in [-0.05, 0) is 36.4 Å². The van der Waals surface area contributed by atoms with E-state index in [1.807, 2.05) is 6.07 Å². The summed E-state index contributed by atoms with van der Waals surface area (Å²) in [4.78, 5) is 66.3. The van der Waals surface area contributed by atoms with Gasteiger partial charge in [0.2, 0.25) is 11.8 Å². The molecule has 0 fully saturated rings. The monoisotopic (exact) mass is 502 g/mol. The van der Waals surface area contributed by atoms with E-state index < -0.39 is 30.2 Å². The van der Waals surface area contributed by atoms with Gasteiger partial charge >= 0.3 is 12.0 Å². The average Bonchev–Trinajstić information content (AvgIpc) is 2.93. The minimum absolute atomic E-state index is 0.0392. The zero-order valence-electron chi connectivity index (χ0n) is 20.4. The van der Waals surface area contributed by atoms with E-state index in [9.17, 15) is 24.0 Å². The minimum Gasteiger partial charge on any atom is -0.463 e. The fraction of sp³-hybridized carbons (Fsp3) is 0.148. The number of Topliss-reactive ketones (excluding diaryl/α,β-unsaturated/α-hetero) is 1. The standard InChI is InChI=1S/C27H26N4O6/c1-29(20-11-5-3-6-12-20)23(32)17-30(21-13-7-4-8-14-21)24(33)18-31(27(28)36)22-15-9-10-19(16-22)25(34)26(35)37-2/h3-16H,17-18H2,1-2H3,(H2,28,36). The summed E-state index contributed by atoms with van der Waals surface area (Å²) in [5, 5.41) is 0. The molecule has 0 heterocycles. The zero-order chi connectivity index (χ0) is 26.9. The van der Waals surface area contributed by atoms with Crippen LogP contribution in [0.15, 0.2) is 84.9 Å². The van der Waals surface area contributed by atoms with Crippen LogP contribution in [0.5, 0.6) is 0 Å². The Morgan fingerprint density at radius 2 is 1.24 bits per heavy atom. The molecule has 2 N–H and O–H groups in total. The number of hydrogen-bond acceptors (Lipinski definition) is 6. The maximum Gasteiger partial charge on any atom is 0.379 e. The summed E-state index contributed by atoms with van der Waals surface area (Å²) in [6.45, 7) is -0.829. The zero-order valence-corrected chi connectivity index (χ0v) is 20.4. The highest BCUT2D eigenvalue weighted by molar-refractivity contribution is 6.40. The Morgan fingerprint density at radius 3 is 1.81 bits per heavy atom. The van der Waals surface area contributed by atoms with Crippen LogP contribution in [0.3, 0.4) is 0 Å². The number of carbonyl (C=O) groups is 5. The molecule has 3 aromatic rings. The van der Waals surface area contributed by atoms with Gasteiger partial charge in [0.05, 0.1) is 7.11 Å². The van der Waals surface area contributed by atoms with Crippen LogP contribution in [0.25, 0.3) is 0 Å². The van der Waals surface area contributed by atoms with Crippen LogP contribution in [-0.4, -0.2) is 56.8 Å². The number of nitrogens with zero attached hydrogens (tertiary/aromatic N) is 3. The molecule has 0 aliphatic rings. The summed E-state index contributed by atoms with van der Waals surface area (Å²) in [5.41, 5.74) is 6.74. The Kier molecular flexibility index (Phi) is 8.71. The number of hydrogen-bond donors (Lipinski definition) is 1. The number of ketones is 1. The van der Waals surface area contributed by atoms with Crippen LogP contribution < -0.4 is 20.4 Å². The summed E-state index contributed by atoms with van der Waals surface area (Å²) in [6.07, 6.45) is 0. The van der Waals surface area contributed by atoms with Crippen LogP contribution in [0.2, 0.25) is 0 Å². The Hall–Kier alpha value is -4.99. The Labute approximate surface area is 213 Å². The predicted molar refractivity (Wildman–Crippen MR) is 138 cm³/mol. The molecular weight excluding hydrogens is 476 g/mol. The lowest BCUT2D eigenvalue weighted by molar-refractivity contribution is -0.135. The smallest absolute Gasteiger partial charge is 0.379 e. The SMILES string of the molecule is COC(=O)C(=O)c1cccc(N(CC(=O)N(CC(=O)N(C)c2ccccc2)c2ccccc2)C(N)=O)c1. The topological polar surface area (TPSA) is 130 Å². The molecule has 0 aromatic heterocycles. The van der Waals surface area contributed by atoms with Crippen molar-refractivity contribution in [3.8, 4) is 0 Å². The quantitative estimate of drug-likeness (QED) is 0.272. The number of nitrogens with two attached hydrogens (primary N) is 1. The number of anilines is 3. The first-order valence-electron chi connectivity index (χ1n) is 11.2. The largest absolute Gasteiger partial charge is 0.463 e. The normalized spacial score (nSPS) is 10.2. The lowest BCUT2D eigenvalue weighted by Crippen LogP contribution is -2.48. The first-order valence-corrected chi connectivity index (χ1v) is 11.2. The maximum absolute atomic E-state index is 13.5. The van der Waals surface area contributed by atoms with Gasteiger partial charge in [-0.3, -0.25) is 19.3 Å². The molecule has 0 saturated carbocycles. The van der Waals surface area contributed by atoms with E-state index in [1.54, 1.807) is 61.6 Å². The first-order chi connectivity index (χ1) is 17.7. The van der Waals surface area contributed by atoms with Gasteiger partial charge in [0.15, 0.2) is 0 Å². The number of primary amides is 1. The number of likely N-dealkylation sites (N-methyl/N-ethyl adjacent to an activating group) is 1. The van der Waals surface area contributed by atoms with Gasteiger partial charge in [-0.2, -0.15) is 0 Å². The van der Waals surface area contributed by atoms with Gasteiger partial charge in [-0.15, -0.1) is 0 Å². The van der Waals surface area contributed by atoms with E-state index in [-0.39, 0.29) is 23.7 Å². The molecule has 0 radical (unpaired) electrons. The molecule has 10 nitrogen and oxygen atoms in total. The third-order valence-electron chi connectivity index (χ3n) is 5.53. The van der Waals surface area contributed by atoms with Crippen molar-refractivity contribution in [2.24, 2.45) is 5.73 Å². The third kappa shape index (κ3) is 6.57. The molecule has 37 heavy (non-hydrogen) atoms. The van der Waals surface area contributed by atoms with Crippen LogP contribution in [-0.2, 0) is 19.1 Å². The van der Waals surface area contributed by atoms with Crippen molar-refractivity contribution in [1.82, 2.24) is 0 Å². The fourth-order valence-corrected chi connectivity index (χ4v) is 3.51. The van der Waals surface area contributed by atoms with Crippen LogP contribution in [0.1, 0.15) is 10.4 Å². The van der Waals surface area contributed by atoms with Gasteiger partial charge in [0.1, 0.15) is 13.1 Å². The Balaban J connectivity index is 1.88. The van der Waals surface area contributed by atoms with E-state index >= 15 is 0 Å². The molecule has 4 amide bonds. The molecule has 0 unspecified atom stereocenters. The molecule has 190 valence electrons. The summed E-state index contributed by atoms with van der Waals surface area (Å²) < 4.78 is 4.46. The first kappa shape index (κ1) is 26.6. The molecule has 10 heteroatoms. The van der Waals surface area contributed by atoms with Crippen molar-refractivity contribution in [1.29, 1.82) is 0 Å². The number of methoxy groups -OCH3 is 1. The minimum atomic E-state index is -1.07. The molecule has 0 aliphatic heterocycles.